The minimum absolute atomic E-state index is 0.00166. The molecule has 7 heteroatoms. The van der Waals surface area contributed by atoms with Crippen LogP contribution >= 0.6 is 15.9 Å². The number of benzene rings is 1. The van der Waals surface area contributed by atoms with Gasteiger partial charge in [0.25, 0.3) is 0 Å². The summed E-state index contributed by atoms with van der Waals surface area (Å²) in [6, 6.07) is 2.30. The number of nitrogens with zero attached hydrogens (tertiary/aromatic N) is 1. The molecule has 1 saturated carbocycles. The number of hydrazine groups is 1. The summed E-state index contributed by atoms with van der Waals surface area (Å²) in [6.07, 6.45) is 5.46. The molecule has 4 N–H and O–H groups in total. The summed E-state index contributed by atoms with van der Waals surface area (Å²) in [5.41, 5.74) is 2.40. The average Bonchev–Trinajstić information content (AvgIpc) is 2.45. The van der Waals surface area contributed by atoms with Crippen LogP contribution in [-0.2, 0) is 0 Å². The molecule has 0 radical (unpaired) electrons. The van der Waals surface area contributed by atoms with Gasteiger partial charge in [-0.3, -0.25) is 5.43 Å². The average molecular weight is 347 g/mol. The Morgan fingerprint density at radius 2 is 1.90 bits per heavy atom. The SMILES string of the molecule is NNC(=NC1CCCCC1)Nc1cc(F)c(Br)cc1F. The molecule has 0 aromatic heterocycles. The molecule has 0 atom stereocenters. The van der Waals surface area contributed by atoms with E-state index in [-0.39, 0.29) is 22.2 Å². The largest absolute Gasteiger partial charge is 0.323 e. The smallest absolute Gasteiger partial charge is 0.210 e. The molecule has 20 heavy (non-hydrogen) atoms. The maximum Gasteiger partial charge on any atom is 0.210 e. The Labute approximate surface area is 124 Å². The van der Waals surface area contributed by atoms with E-state index >= 15 is 0 Å². The van der Waals surface area contributed by atoms with Crippen LogP contribution in [0.5, 0.6) is 0 Å². The fourth-order valence-electron chi connectivity index (χ4n) is 2.24. The first-order valence-corrected chi connectivity index (χ1v) is 7.35. The second-order valence-corrected chi connectivity index (χ2v) is 5.64. The van der Waals surface area contributed by atoms with Crippen molar-refractivity contribution in [1.82, 2.24) is 5.43 Å². The lowest BCUT2D eigenvalue weighted by molar-refractivity contribution is 0.442. The molecule has 1 aliphatic rings. The van der Waals surface area contributed by atoms with E-state index in [4.69, 9.17) is 5.84 Å². The van der Waals surface area contributed by atoms with Crippen LogP contribution in [0.1, 0.15) is 32.1 Å². The Morgan fingerprint density at radius 3 is 2.55 bits per heavy atom. The quantitative estimate of drug-likeness (QED) is 0.253. The predicted octanol–water partition coefficient (Wildman–Crippen LogP) is 3.29. The van der Waals surface area contributed by atoms with Crippen LogP contribution in [0.25, 0.3) is 0 Å². The van der Waals surface area contributed by atoms with Crippen LogP contribution in [0.2, 0.25) is 0 Å². The van der Waals surface area contributed by atoms with Gasteiger partial charge in [0.05, 0.1) is 16.2 Å². The third kappa shape index (κ3) is 3.89. The molecule has 0 unspecified atom stereocenters. The van der Waals surface area contributed by atoms with Crippen LogP contribution in [-0.4, -0.2) is 12.0 Å². The van der Waals surface area contributed by atoms with Gasteiger partial charge < -0.3 is 5.32 Å². The maximum atomic E-state index is 13.7. The fraction of sp³-hybridized carbons (Fsp3) is 0.462. The van der Waals surface area contributed by atoms with Gasteiger partial charge in [-0.2, -0.15) is 0 Å². The first-order chi connectivity index (χ1) is 9.60. The van der Waals surface area contributed by atoms with Crippen molar-refractivity contribution < 1.29 is 8.78 Å². The van der Waals surface area contributed by atoms with Crippen molar-refractivity contribution in [3.05, 3.63) is 28.2 Å². The lowest BCUT2D eigenvalue weighted by atomic mass is 9.96. The number of rotatable bonds is 2. The summed E-state index contributed by atoms with van der Waals surface area (Å²) in [5.74, 6) is 4.50. The predicted molar refractivity (Wildman–Crippen MR) is 79.3 cm³/mol. The summed E-state index contributed by atoms with van der Waals surface area (Å²) in [5, 5.41) is 2.69. The van der Waals surface area contributed by atoms with Crippen LogP contribution in [0.4, 0.5) is 14.5 Å². The molecule has 0 bridgehead atoms. The van der Waals surface area contributed by atoms with Crippen LogP contribution in [0, 0.1) is 11.6 Å². The third-order valence-electron chi connectivity index (χ3n) is 3.29. The normalized spacial score (nSPS) is 17.1. The van der Waals surface area contributed by atoms with E-state index in [1.807, 2.05) is 0 Å². The van der Waals surface area contributed by atoms with Crippen LogP contribution < -0.4 is 16.6 Å². The first kappa shape index (κ1) is 15.2. The second-order valence-electron chi connectivity index (χ2n) is 4.79. The topological polar surface area (TPSA) is 62.4 Å². The van der Waals surface area contributed by atoms with Gasteiger partial charge in [-0.15, -0.1) is 0 Å². The number of hydrogen-bond acceptors (Lipinski definition) is 2. The molecule has 0 amide bonds. The minimum atomic E-state index is -0.579. The zero-order valence-electron chi connectivity index (χ0n) is 10.9. The molecule has 0 saturated heterocycles. The molecule has 0 aliphatic heterocycles. The monoisotopic (exact) mass is 346 g/mol. The first-order valence-electron chi connectivity index (χ1n) is 6.56. The van der Waals surface area contributed by atoms with Gasteiger partial charge in [0.1, 0.15) is 11.6 Å². The third-order valence-corrected chi connectivity index (χ3v) is 3.89. The fourth-order valence-corrected chi connectivity index (χ4v) is 2.56. The summed E-state index contributed by atoms with van der Waals surface area (Å²) in [4.78, 5) is 4.41. The van der Waals surface area contributed by atoms with Crippen molar-refractivity contribution in [3.8, 4) is 0 Å². The van der Waals surface area contributed by atoms with Gasteiger partial charge in [0.2, 0.25) is 5.96 Å². The highest BCUT2D eigenvalue weighted by molar-refractivity contribution is 9.10. The summed E-state index contributed by atoms with van der Waals surface area (Å²) < 4.78 is 27.2. The zero-order valence-corrected chi connectivity index (χ0v) is 12.5. The molecule has 0 heterocycles. The Hall–Kier alpha value is -1.21. The van der Waals surface area contributed by atoms with Crippen molar-refractivity contribution in [3.63, 3.8) is 0 Å². The molecule has 0 spiro atoms. The Kier molecular flexibility index (Phi) is 5.31. The van der Waals surface area contributed by atoms with Crippen molar-refractivity contribution in [2.24, 2.45) is 10.8 Å². The summed E-state index contributed by atoms with van der Waals surface area (Å²) >= 11 is 2.93. The van der Waals surface area contributed by atoms with Crippen molar-refractivity contribution >= 4 is 27.6 Å². The molecule has 110 valence electrons. The van der Waals surface area contributed by atoms with E-state index in [1.54, 1.807) is 0 Å². The van der Waals surface area contributed by atoms with Crippen molar-refractivity contribution in [1.29, 1.82) is 0 Å². The molecular formula is C13H17BrF2N4. The lowest BCUT2D eigenvalue weighted by Crippen LogP contribution is -2.37. The van der Waals surface area contributed by atoms with E-state index in [0.717, 1.165) is 37.8 Å². The number of anilines is 1. The molecule has 1 aromatic rings. The van der Waals surface area contributed by atoms with E-state index in [0.29, 0.717) is 0 Å². The van der Waals surface area contributed by atoms with Crippen LogP contribution in [0.15, 0.2) is 21.6 Å². The van der Waals surface area contributed by atoms with Gasteiger partial charge in [0, 0.05) is 6.07 Å². The van der Waals surface area contributed by atoms with Crippen molar-refractivity contribution in [2.45, 2.75) is 38.1 Å². The standard InChI is InChI=1S/C13H17BrF2N4/c14-9-6-11(16)12(7-10(9)15)19-13(20-17)18-8-4-2-1-3-5-8/h6-8H,1-5,17H2,(H2,18,19,20). The maximum absolute atomic E-state index is 13.7. The number of nitrogens with two attached hydrogens (primary N) is 1. The van der Waals surface area contributed by atoms with Gasteiger partial charge in [0.15, 0.2) is 0 Å². The van der Waals surface area contributed by atoms with Gasteiger partial charge in [-0.05, 0) is 34.8 Å². The number of halogens is 3. The van der Waals surface area contributed by atoms with E-state index < -0.39 is 11.6 Å². The highest BCUT2D eigenvalue weighted by Gasteiger charge is 2.14. The van der Waals surface area contributed by atoms with Crippen LogP contribution in [0.3, 0.4) is 0 Å². The van der Waals surface area contributed by atoms with E-state index in [9.17, 15) is 8.78 Å². The number of aliphatic imine (C=N–C) groups is 1. The molecule has 1 aromatic carbocycles. The highest BCUT2D eigenvalue weighted by atomic mass is 79.9. The summed E-state index contributed by atoms with van der Waals surface area (Å²) in [6.45, 7) is 0. The van der Waals surface area contributed by atoms with Gasteiger partial charge in [-0.25, -0.2) is 19.6 Å². The molecular weight excluding hydrogens is 330 g/mol. The van der Waals surface area contributed by atoms with Gasteiger partial charge in [-0.1, -0.05) is 19.3 Å². The van der Waals surface area contributed by atoms with Gasteiger partial charge >= 0.3 is 0 Å². The minimum Gasteiger partial charge on any atom is -0.323 e. The second kappa shape index (κ2) is 6.99. The summed E-state index contributed by atoms with van der Waals surface area (Å²) in [7, 11) is 0. The Balaban J connectivity index is 2.13. The van der Waals surface area contributed by atoms with Crippen molar-refractivity contribution in [2.75, 3.05) is 5.32 Å². The van der Waals surface area contributed by atoms with E-state index in [2.05, 4.69) is 31.7 Å². The Bertz CT molecular complexity index is 501. The number of hydrogen-bond donors (Lipinski definition) is 3. The molecule has 4 nitrogen and oxygen atoms in total. The molecule has 2 rings (SSSR count). The molecule has 1 fully saturated rings. The molecule has 1 aliphatic carbocycles. The lowest BCUT2D eigenvalue weighted by Gasteiger charge is -2.19. The highest BCUT2D eigenvalue weighted by Crippen LogP contribution is 2.24. The zero-order chi connectivity index (χ0) is 14.5. The number of nitrogens with one attached hydrogen (secondary N) is 2. The Morgan fingerprint density at radius 1 is 1.20 bits per heavy atom. The number of guanidine groups is 1. The van der Waals surface area contributed by atoms with E-state index in [1.165, 1.54) is 6.42 Å².